The van der Waals surface area contributed by atoms with E-state index in [0.717, 1.165) is 12.5 Å². The second-order valence-corrected chi connectivity index (χ2v) is 4.85. The number of nitrogens with one attached hydrogen (secondary N) is 1. The van der Waals surface area contributed by atoms with Crippen LogP contribution in [0.3, 0.4) is 0 Å². The Bertz CT molecular complexity index is 284. The Balaban J connectivity index is 2.01. The summed E-state index contributed by atoms with van der Waals surface area (Å²) in [5.74, 6) is 0.778. The van der Waals surface area contributed by atoms with Crippen molar-refractivity contribution in [2.24, 2.45) is 5.92 Å². The molecule has 0 spiro atoms. The number of hydrogen-bond donors (Lipinski definition) is 1. The molecular formula is C9H14IN3. The number of nitrogens with zero attached hydrogens (tertiary/aromatic N) is 2. The molecule has 2 unspecified atom stereocenters. The monoisotopic (exact) mass is 291 g/mol. The predicted octanol–water partition coefficient (Wildman–Crippen LogP) is 1.66. The van der Waals surface area contributed by atoms with Crippen LogP contribution >= 0.6 is 22.6 Å². The second-order valence-electron chi connectivity index (χ2n) is 3.60. The summed E-state index contributed by atoms with van der Waals surface area (Å²) in [6, 6.07) is 0.635. The number of hydrogen-bond acceptors (Lipinski definition) is 2. The SMILES string of the molecule is CNCC1CCC1n1cc(I)cn1. The first kappa shape index (κ1) is 9.45. The van der Waals surface area contributed by atoms with Crippen LogP contribution in [0.2, 0.25) is 0 Å². The maximum atomic E-state index is 4.35. The Kier molecular flexibility index (Phi) is 2.88. The van der Waals surface area contributed by atoms with Gasteiger partial charge in [0.2, 0.25) is 0 Å². The fraction of sp³-hybridized carbons (Fsp3) is 0.667. The Labute approximate surface area is 92.0 Å². The standard InChI is InChI=1S/C9H14IN3/c1-11-4-7-2-3-9(7)13-6-8(10)5-12-13/h5-7,9,11H,2-4H2,1H3. The molecule has 1 aromatic heterocycles. The second kappa shape index (κ2) is 3.96. The maximum Gasteiger partial charge on any atom is 0.0623 e. The molecule has 2 rings (SSSR count). The molecule has 1 aliphatic rings. The van der Waals surface area contributed by atoms with Gasteiger partial charge in [-0.15, -0.1) is 0 Å². The van der Waals surface area contributed by atoms with Crippen molar-refractivity contribution in [3.63, 3.8) is 0 Å². The summed E-state index contributed by atoms with van der Waals surface area (Å²) in [6.07, 6.45) is 6.68. The molecule has 0 amide bonds. The molecule has 1 N–H and O–H groups in total. The number of rotatable bonds is 3. The van der Waals surface area contributed by atoms with Crippen LogP contribution in [-0.4, -0.2) is 23.4 Å². The highest BCUT2D eigenvalue weighted by atomic mass is 127. The molecule has 0 aromatic carbocycles. The van der Waals surface area contributed by atoms with Gasteiger partial charge in [0.1, 0.15) is 0 Å². The van der Waals surface area contributed by atoms with Crippen molar-refractivity contribution in [1.82, 2.24) is 15.1 Å². The van der Waals surface area contributed by atoms with Gasteiger partial charge in [-0.25, -0.2) is 0 Å². The van der Waals surface area contributed by atoms with E-state index in [1.807, 2.05) is 13.2 Å². The summed E-state index contributed by atoms with van der Waals surface area (Å²) < 4.78 is 3.35. The Morgan fingerprint density at radius 3 is 3.00 bits per heavy atom. The van der Waals surface area contributed by atoms with Gasteiger partial charge < -0.3 is 5.32 Å². The first-order valence-electron chi connectivity index (χ1n) is 4.65. The lowest BCUT2D eigenvalue weighted by molar-refractivity contribution is 0.166. The van der Waals surface area contributed by atoms with Gasteiger partial charge in [-0.2, -0.15) is 5.10 Å². The van der Waals surface area contributed by atoms with Crippen molar-refractivity contribution in [3.05, 3.63) is 16.0 Å². The molecule has 1 saturated carbocycles. The van der Waals surface area contributed by atoms with Crippen molar-refractivity contribution in [2.75, 3.05) is 13.6 Å². The summed E-state index contributed by atoms with van der Waals surface area (Å²) in [7, 11) is 2.02. The summed E-state index contributed by atoms with van der Waals surface area (Å²) in [5.41, 5.74) is 0. The quantitative estimate of drug-likeness (QED) is 0.858. The normalized spacial score (nSPS) is 27.2. The molecule has 72 valence electrons. The van der Waals surface area contributed by atoms with Crippen LogP contribution in [0.15, 0.2) is 12.4 Å². The van der Waals surface area contributed by atoms with Gasteiger partial charge in [0, 0.05) is 6.20 Å². The zero-order valence-corrected chi connectivity index (χ0v) is 9.86. The van der Waals surface area contributed by atoms with E-state index in [2.05, 4.69) is 43.9 Å². The summed E-state index contributed by atoms with van der Waals surface area (Å²) in [5, 5.41) is 7.58. The molecule has 4 heteroatoms. The zero-order valence-electron chi connectivity index (χ0n) is 7.70. The third-order valence-corrected chi connectivity index (χ3v) is 3.31. The molecule has 13 heavy (non-hydrogen) atoms. The highest BCUT2D eigenvalue weighted by molar-refractivity contribution is 14.1. The van der Waals surface area contributed by atoms with Crippen LogP contribution < -0.4 is 5.32 Å². The van der Waals surface area contributed by atoms with Gasteiger partial charge in [-0.3, -0.25) is 4.68 Å². The average molecular weight is 291 g/mol. The highest BCUT2D eigenvalue weighted by Gasteiger charge is 2.31. The molecule has 1 fully saturated rings. The van der Waals surface area contributed by atoms with E-state index >= 15 is 0 Å². The number of aromatic nitrogens is 2. The van der Waals surface area contributed by atoms with E-state index in [0.29, 0.717) is 6.04 Å². The van der Waals surface area contributed by atoms with Gasteiger partial charge in [0.15, 0.2) is 0 Å². The van der Waals surface area contributed by atoms with E-state index in [4.69, 9.17) is 0 Å². The van der Waals surface area contributed by atoms with Crippen LogP contribution in [0.4, 0.5) is 0 Å². The maximum absolute atomic E-state index is 4.35. The fourth-order valence-electron chi connectivity index (χ4n) is 1.90. The Morgan fingerprint density at radius 2 is 2.54 bits per heavy atom. The Hall–Kier alpha value is -0.100. The van der Waals surface area contributed by atoms with Gasteiger partial charge in [-0.05, 0) is 54.9 Å². The van der Waals surface area contributed by atoms with Gasteiger partial charge in [-0.1, -0.05) is 0 Å². The van der Waals surface area contributed by atoms with Crippen LogP contribution in [0.1, 0.15) is 18.9 Å². The first-order valence-corrected chi connectivity index (χ1v) is 5.73. The zero-order chi connectivity index (χ0) is 9.26. The summed E-state index contributed by atoms with van der Waals surface area (Å²) >= 11 is 2.30. The van der Waals surface area contributed by atoms with Crippen molar-refractivity contribution in [2.45, 2.75) is 18.9 Å². The third-order valence-electron chi connectivity index (χ3n) is 2.75. The van der Waals surface area contributed by atoms with Gasteiger partial charge >= 0.3 is 0 Å². The summed E-state index contributed by atoms with van der Waals surface area (Å²) in [6.45, 7) is 1.11. The van der Waals surface area contributed by atoms with Crippen molar-refractivity contribution in [3.8, 4) is 0 Å². The molecule has 1 heterocycles. The van der Waals surface area contributed by atoms with E-state index < -0.39 is 0 Å². The third kappa shape index (κ3) is 1.88. The Morgan fingerprint density at radius 1 is 1.69 bits per heavy atom. The van der Waals surface area contributed by atoms with E-state index in [1.54, 1.807) is 0 Å². The lowest BCUT2D eigenvalue weighted by Crippen LogP contribution is -2.35. The molecule has 0 saturated heterocycles. The van der Waals surface area contributed by atoms with E-state index in [1.165, 1.54) is 16.4 Å². The van der Waals surface area contributed by atoms with Crippen molar-refractivity contribution in [1.29, 1.82) is 0 Å². The van der Waals surface area contributed by atoms with Crippen LogP contribution in [0, 0.1) is 9.49 Å². The molecule has 2 atom stereocenters. The molecule has 0 bridgehead atoms. The summed E-state index contributed by atoms with van der Waals surface area (Å²) in [4.78, 5) is 0. The smallest absolute Gasteiger partial charge is 0.0623 e. The van der Waals surface area contributed by atoms with Gasteiger partial charge in [0.25, 0.3) is 0 Å². The van der Waals surface area contributed by atoms with Crippen molar-refractivity contribution < 1.29 is 0 Å². The van der Waals surface area contributed by atoms with Crippen LogP contribution in [0.5, 0.6) is 0 Å². The highest BCUT2D eigenvalue weighted by Crippen LogP contribution is 2.37. The molecule has 0 radical (unpaired) electrons. The van der Waals surface area contributed by atoms with Gasteiger partial charge in [0.05, 0.1) is 15.8 Å². The van der Waals surface area contributed by atoms with Crippen molar-refractivity contribution >= 4 is 22.6 Å². The van der Waals surface area contributed by atoms with E-state index in [-0.39, 0.29) is 0 Å². The minimum Gasteiger partial charge on any atom is -0.319 e. The fourth-order valence-corrected chi connectivity index (χ4v) is 2.31. The van der Waals surface area contributed by atoms with Crippen LogP contribution in [0.25, 0.3) is 0 Å². The molecule has 3 nitrogen and oxygen atoms in total. The first-order chi connectivity index (χ1) is 6.31. The minimum atomic E-state index is 0.635. The predicted molar refractivity (Wildman–Crippen MR) is 60.6 cm³/mol. The van der Waals surface area contributed by atoms with E-state index in [9.17, 15) is 0 Å². The molecule has 1 aliphatic carbocycles. The lowest BCUT2D eigenvalue weighted by Gasteiger charge is -2.36. The number of halogens is 1. The largest absolute Gasteiger partial charge is 0.319 e. The molecule has 1 aromatic rings. The topological polar surface area (TPSA) is 29.9 Å². The molecule has 0 aliphatic heterocycles. The minimum absolute atomic E-state index is 0.635. The molecular weight excluding hydrogens is 277 g/mol. The average Bonchev–Trinajstić information content (AvgIpc) is 2.45. The lowest BCUT2D eigenvalue weighted by atomic mass is 9.79. The van der Waals surface area contributed by atoms with Crippen LogP contribution in [-0.2, 0) is 0 Å².